The molecule has 1 atom stereocenters. The fourth-order valence-corrected chi connectivity index (χ4v) is 4.84. The summed E-state index contributed by atoms with van der Waals surface area (Å²) in [5.41, 5.74) is 4.53. The third-order valence-corrected chi connectivity index (χ3v) is 6.65. The van der Waals surface area contributed by atoms with Gasteiger partial charge in [0.1, 0.15) is 11.5 Å². The number of aromatic nitrogens is 1. The summed E-state index contributed by atoms with van der Waals surface area (Å²) in [4.78, 5) is 13.1. The number of fused-ring (bicyclic) bond motifs is 1. The minimum Gasteiger partial charge on any atom is -0.457 e. The predicted octanol–water partition coefficient (Wildman–Crippen LogP) is 6.77. The van der Waals surface area contributed by atoms with Crippen LogP contribution in [0.3, 0.4) is 0 Å². The van der Waals surface area contributed by atoms with Crippen LogP contribution in [0.5, 0.6) is 11.5 Å². The Labute approximate surface area is 223 Å². The van der Waals surface area contributed by atoms with Gasteiger partial charge in [0, 0.05) is 49.6 Å². The summed E-state index contributed by atoms with van der Waals surface area (Å²) in [6.07, 6.45) is 2.52. The van der Waals surface area contributed by atoms with Crippen LogP contribution in [0.2, 0.25) is 0 Å². The fraction of sp³-hybridized carbons (Fsp3) is 0.182. The highest BCUT2D eigenvalue weighted by Crippen LogP contribution is 2.37. The molecule has 0 saturated heterocycles. The molecule has 0 aliphatic carbocycles. The van der Waals surface area contributed by atoms with E-state index in [1.165, 1.54) is 5.56 Å². The monoisotopic (exact) mass is 504 g/mol. The van der Waals surface area contributed by atoms with E-state index in [1.807, 2.05) is 54.6 Å². The van der Waals surface area contributed by atoms with E-state index in [-0.39, 0.29) is 11.8 Å². The molecule has 0 radical (unpaired) electrons. The van der Waals surface area contributed by atoms with Crippen molar-refractivity contribution in [1.82, 2.24) is 9.88 Å². The molecule has 1 N–H and O–H groups in total. The van der Waals surface area contributed by atoms with Crippen LogP contribution in [0.1, 0.15) is 29.0 Å². The Hall–Kier alpha value is -4.35. The molecule has 1 amide bonds. The number of hydrogen-bond donors (Lipinski definition) is 1. The highest BCUT2D eigenvalue weighted by molar-refractivity contribution is 5.87. The molecule has 5 nitrogen and oxygen atoms in total. The van der Waals surface area contributed by atoms with Crippen molar-refractivity contribution in [3.63, 3.8) is 0 Å². The molecular weight excluding hydrogens is 472 g/mol. The summed E-state index contributed by atoms with van der Waals surface area (Å²) < 4.78 is 13.5. The van der Waals surface area contributed by atoms with Crippen molar-refractivity contribution in [2.45, 2.75) is 18.9 Å². The van der Waals surface area contributed by atoms with Crippen molar-refractivity contribution in [2.75, 3.05) is 20.3 Å². The number of rotatable bonds is 11. The van der Waals surface area contributed by atoms with E-state index in [1.54, 1.807) is 7.11 Å². The maximum absolute atomic E-state index is 13.1. The Morgan fingerprint density at radius 1 is 0.842 bits per heavy atom. The Morgan fingerprint density at radius 2 is 1.55 bits per heavy atom. The van der Waals surface area contributed by atoms with Gasteiger partial charge in [-0.05, 0) is 47.0 Å². The van der Waals surface area contributed by atoms with E-state index < -0.39 is 0 Å². The normalized spacial score (nSPS) is 11.8. The molecule has 0 spiro atoms. The van der Waals surface area contributed by atoms with Crippen molar-refractivity contribution in [3.05, 3.63) is 132 Å². The van der Waals surface area contributed by atoms with E-state index in [4.69, 9.17) is 9.47 Å². The second-order valence-electron chi connectivity index (χ2n) is 9.30. The molecule has 4 aromatic carbocycles. The maximum Gasteiger partial charge on any atom is 0.221 e. The van der Waals surface area contributed by atoms with Crippen LogP contribution >= 0.6 is 0 Å². The summed E-state index contributed by atoms with van der Waals surface area (Å²) >= 11 is 0. The van der Waals surface area contributed by atoms with E-state index in [2.05, 4.69) is 70.7 Å². The van der Waals surface area contributed by atoms with Crippen LogP contribution in [-0.4, -0.2) is 30.7 Å². The van der Waals surface area contributed by atoms with Crippen molar-refractivity contribution >= 4 is 16.8 Å². The van der Waals surface area contributed by atoms with Gasteiger partial charge in [-0.2, -0.15) is 0 Å². The molecule has 1 heterocycles. The molecule has 5 aromatic rings. The zero-order valence-corrected chi connectivity index (χ0v) is 21.5. The second kappa shape index (κ2) is 12.3. The fourth-order valence-electron chi connectivity index (χ4n) is 4.84. The van der Waals surface area contributed by atoms with Gasteiger partial charge in [0.25, 0.3) is 0 Å². The Bertz CT molecular complexity index is 1480. The van der Waals surface area contributed by atoms with Gasteiger partial charge in [-0.1, -0.05) is 78.9 Å². The minimum atomic E-state index is -0.154. The van der Waals surface area contributed by atoms with Gasteiger partial charge in [-0.3, -0.25) is 4.79 Å². The lowest BCUT2D eigenvalue weighted by atomic mass is 9.88. The van der Waals surface area contributed by atoms with E-state index in [9.17, 15) is 4.79 Å². The molecule has 1 aromatic heterocycles. The van der Waals surface area contributed by atoms with Gasteiger partial charge in [0.2, 0.25) is 5.91 Å². The number of hydrogen-bond acceptors (Lipinski definition) is 3. The van der Waals surface area contributed by atoms with Gasteiger partial charge < -0.3 is 19.4 Å². The number of nitrogens with zero attached hydrogens (tertiary/aromatic N) is 1. The summed E-state index contributed by atoms with van der Waals surface area (Å²) in [5, 5.41) is 4.15. The Morgan fingerprint density at radius 3 is 2.34 bits per heavy atom. The van der Waals surface area contributed by atoms with Gasteiger partial charge in [-0.25, -0.2) is 0 Å². The molecule has 192 valence electrons. The van der Waals surface area contributed by atoms with Gasteiger partial charge in [0.15, 0.2) is 0 Å². The summed E-state index contributed by atoms with van der Waals surface area (Å²) in [6.45, 7) is 1.72. The third kappa shape index (κ3) is 6.13. The van der Waals surface area contributed by atoms with Gasteiger partial charge in [0.05, 0.1) is 6.61 Å². The topological polar surface area (TPSA) is 52.5 Å². The number of methoxy groups -OCH3 is 1. The van der Waals surface area contributed by atoms with Crippen molar-refractivity contribution in [2.24, 2.45) is 0 Å². The van der Waals surface area contributed by atoms with Gasteiger partial charge in [-0.15, -0.1) is 0 Å². The first-order valence-corrected chi connectivity index (χ1v) is 12.9. The molecule has 0 aliphatic heterocycles. The first-order chi connectivity index (χ1) is 18.7. The molecule has 0 fully saturated rings. The molecule has 0 bridgehead atoms. The Kier molecular flexibility index (Phi) is 8.16. The first kappa shape index (κ1) is 25.3. The second-order valence-corrected chi connectivity index (χ2v) is 9.30. The molecule has 0 aliphatic rings. The quantitative estimate of drug-likeness (QED) is 0.202. The number of nitrogens with one attached hydrogen (secondary N) is 1. The van der Waals surface area contributed by atoms with Crippen LogP contribution in [-0.2, 0) is 16.1 Å². The van der Waals surface area contributed by atoms with E-state index >= 15 is 0 Å². The highest BCUT2D eigenvalue weighted by Gasteiger charge is 2.23. The van der Waals surface area contributed by atoms with Crippen molar-refractivity contribution in [3.8, 4) is 11.5 Å². The summed E-state index contributed by atoms with van der Waals surface area (Å²) in [5.74, 6) is 1.35. The summed E-state index contributed by atoms with van der Waals surface area (Å²) in [6, 6.07) is 36.7. The predicted molar refractivity (Wildman–Crippen MR) is 152 cm³/mol. The average Bonchev–Trinajstić information content (AvgIpc) is 3.31. The van der Waals surface area contributed by atoms with Gasteiger partial charge >= 0.3 is 0 Å². The van der Waals surface area contributed by atoms with Crippen molar-refractivity contribution in [1.29, 1.82) is 0 Å². The number of para-hydroxylation sites is 2. The molecule has 0 saturated carbocycles. The lowest BCUT2D eigenvalue weighted by molar-refractivity contribution is -0.121. The zero-order chi connectivity index (χ0) is 26.2. The first-order valence-electron chi connectivity index (χ1n) is 12.9. The Balaban J connectivity index is 1.53. The minimum absolute atomic E-state index is 0.0127. The van der Waals surface area contributed by atoms with Crippen LogP contribution in [0, 0.1) is 0 Å². The average molecular weight is 505 g/mol. The largest absolute Gasteiger partial charge is 0.457 e. The van der Waals surface area contributed by atoms with Crippen LogP contribution in [0.4, 0.5) is 0 Å². The maximum atomic E-state index is 13.1. The lowest BCUT2D eigenvalue weighted by Gasteiger charge is -2.18. The zero-order valence-electron chi connectivity index (χ0n) is 21.5. The lowest BCUT2D eigenvalue weighted by Crippen LogP contribution is -2.28. The van der Waals surface area contributed by atoms with Crippen LogP contribution < -0.4 is 10.1 Å². The number of amides is 1. The molecule has 38 heavy (non-hydrogen) atoms. The number of benzene rings is 4. The SMILES string of the molecule is COCCNC(=O)C[C@@H](c1cccc(Oc2ccccc2)c1)c1cn(Cc2ccccc2)c2ccccc12. The van der Waals surface area contributed by atoms with Crippen LogP contribution in [0.25, 0.3) is 10.9 Å². The molecule has 5 heteroatoms. The van der Waals surface area contributed by atoms with E-state index in [0.29, 0.717) is 19.6 Å². The molecular formula is C33H32N2O3. The van der Waals surface area contributed by atoms with Crippen molar-refractivity contribution < 1.29 is 14.3 Å². The third-order valence-electron chi connectivity index (χ3n) is 6.65. The standard InChI is InChI=1S/C33H32N2O3/c1-37-20-19-34-33(36)22-30(26-13-10-16-28(21-26)38-27-14-6-3-7-15-27)31-24-35(23-25-11-4-2-5-12-25)32-18-9-8-17-29(31)32/h2-18,21,24,30H,19-20,22-23H2,1H3,(H,34,36)/t30-/m0/s1. The number of carbonyl (C=O) groups excluding carboxylic acids is 1. The van der Waals surface area contributed by atoms with E-state index in [0.717, 1.165) is 40.1 Å². The van der Waals surface area contributed by atoms with Crippen LogP contribution in [0.15, 0.2) is 115 Å². The number of ether oxygens (including phenoxy) is 2. The highest BCUT2D eigenvalue weighted by atomic mass is 16.5. The molecule has 0 unspecified atom stereocenters. The number of carbonyl (C=O) groups is 1. The smallest absolute Gasteiger partial charge is 0.221 e. The summed E-state index contributed by atoms with van der Waals surface area (Å²) in [7, 11) is 1.63. The molecule has 5 rings (SSSR count).